The van der Waals surface area contributed by atoms with Gasteiger partial charge in [-0.3, -0.25) is 0 Å². The van der Waals surface area contributed by atoms with Crippen LogP contribution in [0, 0.1) is 22.7 Å². The molecule has 2 atom stereocenters. The molecule has 0 aromatic heterocycles. The van der Waals surface area contributed by atoms with Gasteiger partial charge in [0, 0.05) is 0 Å². The molecular formula is C34H60O8Sn. The van der Waals surface area contributed by atoms with Crippen LogP contribution in [0.2, 0.25) is 8.87 Å². The molecule has 0 saturated heterocycles. The van der Waals surface area contributed by atoms with Crippen molar-refractivity contribution in [2.45, 2.75) is 129 Å². The van der Waals surface area contributed by atoms with Crippen molar-refractivity contribution in [3.8, 4) is 0 Å². The van der Waals surface area contributed by atoms with Crippen molar-refractivity contribution in [2.75, 3.05) is 13.2 Å². The molecule has 0 aromatic rings. The molecule has 0 aromatic carbocycles. The normalized spacial score (nSPS) is 14.0. The zero-order valence-corrected chi connectivity index (χ0v) is 31.6. The number of esters is 2. The van der Waals surface area contributed by atoms with Crippen molar-refractivity contribution in [2.24, 2.45) is 22.7 Å². The third kappa shape index (κ3) is 23.2. The number of hydrogen-bond donors (Lipinski definition) is 0. The fourth-order valence-corrected chi connectivity index (χ4v) is 14.6. The predicted octanol–water partition coefficient (Wildman–Crippen LogP) is 8.24. The summed E-state index contributed by atoms with van der Waals surface area (Å²) in [6, 6.07) is 0. The molecule has 0 bridgehead atoms. The van der Waals surface area contributed by atoms with Crippen LogP contribution < -0.4 is 0 Å². The Kier molecular flexibility index (Phi) is 20.1. The first-order chi connectivity index (χ1) is 19.9. The van der Waals surface area contributed by atoms with Gasteiger partial charge in [0.15, 0.2) is 0 Å². The average molecular weight is 716 g/mol. The van der Waals surface area contributed by atoms with Gasteiger partial charge in [0.2, 0.25) is 0 Å². The first-order valence-electron chi connectivity index (χ1n) is 16.1. The summed E-state index contributed by atoms with van der Waals surface area (Å²) in [6.45, 7) is 21.9. The number of ether oxygens (including phenoxy) is 2. The van der Waals surface area contributed by atoms with Crippen molar-refractivity contribution in [3.63, 3.8) is 0 Å². The van der Waals surface area contributed by atoms with Crippen LogP contribution in [0.25, 0.3) is 0 Å². The second-order valence-corrected chi connectivity index (χ2v) is 23.5. The Morgan fingerprint density at radius 2 is 0.930 bits per heavy atom. The maximum atomic E-state index is 12.8. The SMILES string of the molecule is CCC[CH2][Sn]([CH2]CCC)([O]C(=O)/C=C/C(=O)OCC[C@H](C)CC(C)(C)C)[O]C(=O)/C=C/C(=O)OCC[C@H](C)CC(C)(C)C. The first kappa shape index (κ1) is 41.2. The fourth-order valence-electron chi connectivity index (χ4n) is 5.06. The molecule has 8 nitrogen and oxygen atoms in total. The Morgan fingerprint density at radius 3 is 1.23 bits per heavy atom. The van der Waals surface area contributed by atoms with E-state index in [1.165, 1.54) is 0 Å². The molecular weight excluding hydrogens is 655 g/mol. The minimum atomic E-state index is -4.27. The molecule has 0 aliphatic heterocycles. The van der Waals surface area contributed by atoms with Crippen LogP contribution in [0.5, 0.6) is 0 Å². The van der Waals surface area contributed by atoms with E-state index in [0.717, 1.165) is 75.7 Å². The predicted molar refractivity (Wildman–Crippen MR) is 173 cm³/mol. The first-order valence-corrected chi connectivity index (χ1v) is 22.4. The van der Waals surface area contributed by atoms with E-state index in [4.69, 9.17) is 15.6 Å². The van der Waals surface area contributed by atoms with E-state index >= 15 is 0 Å². The maximum absolute atomic E-state index is 12.8. The van der Waals surface area contributed by atoms with E-state index in [0.29, 0.717) is 20.7 Å². The molecule has 0 aliphatic rings. The zero-order chi connectivity index (χ0) is 33.1. The molecule has 0 fully saturated rings. The zero-order valence-electron chi connectivity index (χ0n) is 28.7. The number of hydrogen-bond acceptors (Lipinski definition) is 8. The fraction of sp³-hybridized carbons (Fsp3) is 0.765. The van der Waals surface area contributed by atoms with Gasteiger partial charge in [0.05, 0.1) is 0 Å². The monoisotopic (exact) mass is 716 g/mol. The molecule has 9 heteroatoms. The molecule has 0 N–H and O–H groups in total. The van der Waals surface area contributed by atoms with E-state index in [1.54, 1.807) is 0 Å². The third-order valence-corrected chi connectivity index (χ3v) is 16.4. The molecule has 0 heterocycles. The Morgan fingerprint density at radius 1 is 0.605 bits per heavy atom. The van der Waals surface area contributed by atoms with Crippen LogP contribution in [-0.2, 0) is 34.8 Å². The molecule has 43 heavy (non-hydrogen) atoms. The van der Waals surface area contributed by atoms with Gasteiger partial charge in [-0.25, -0.2) is 0 Å². The quantitative estimate of drug-likeness (QED) is 0.0706. The number of carbonyl (C=O) groups is 4. The third-order valence-electron chi connectivity index (χ3n) is 6.74. The molecule has 0 aliphatic carbocycles. The standard InChI is InChI=1S/2C13H22O4.2C4H9.Sn/c2*1-10(9-13(2,3)4)7-8-17-12(16)6-5-11(14)15;2*1-3-4-2;/h2*5-6,10H,7-9H2,1-4H3,(H,14,15);2*1,3-4H2,2H3;/q;;;;+2/p-2/b2*6-5+;;;/t2*10-;;;/m00.../s1. The van der Waals surface area contributed by atoms with E-state index < -0.39 is 43.1 Å². The van der Waals surface area contributed by atoms with Crippen molar-refractivity contribution in [1.82, 2.24) is 0 Å². The summed E-state index contributed by atoms with van der Waals surface area (Å²) in [7, 11) is 0. The molecule has 0 rings (SSSR count). The molecule has 0 unspecified atom stereocenters. The van der Waals surface area contributed by atoms with Crippen LogP contribution in [0.4, 0.5) is 0 Å². The Balaban J connectivity index is 5.19. The molecule has 0 saturated carbocycles. The van der Waals surface area contributed by atoms with Crippen LogP contribution in [0.1, 0.15) is 121 Å². The summed E-state index contributed by atoms with van der Waals surface area (Å²) in [4.78, 5) is 49.9. The van der Waals surface area contributed by atoms with Crippen LogP contribution >= 0.6 is 0 Å². The van der Waals surface area contributed by atoms with Gasteiger partial charge in [0.1, 0.15) is 0 Å². The van der Waals surface area contributed by atoms with Crippen molar-refractivity contribution >= 4 is 43.1 Å². The molecule has 0 spiro atoms. The number of unbranched alkanes of at least 4 members (excludes halogenated alkanes) is 2. The van der Waals surface area contributed by atoms with Gasteiger partial charge >= 0.3 is 268 Å². The van der Waals surface area contributed by atoms with Crippen LogP contribution in [-0.4, -0.2) is 56.3 Å². The van der Waals surface area contributed by atoms with Crippen LogP contribution in [0.3, 0.4) is 0 Å². The summed E-state index contributed by atoms with van der Waals surface area (Å²) in [5.74, 6) is -1.87. The van der Waals surface area contributed by atoms with Gasteiger partial charge in [-0.1, -0.05) is 0 Å². The van der Waals surface area contributed by atoms with Gasteiger partial charge in [0.25, 0.3) is 0 Å². The summed E-state index contributed by atoms with van der Waals surface area (Å²) in [6.07, 6.45) is 10.9. The Bertz CT molecular complexity index is 836. The van der Waals surface area contributed by atoms with E-state index in [9.17, 15) is 19.2 Å². The topological polar surface area (TPSA) is 105 Å². The Labute approximate surface area is 266 Å². The van der Waals surface area contributed by atoms with Crippen LogP contribution in [0.15, 0.2) is 24.3 Å². The van der Waals surface area contributed by atoms with Crippen molar-refractivity contribution < 1.29 is 34.8 Å². The second kappa shape index (κ2) is 21.0. The van der Waals surface area contributed by atoms with Crippen molar-refractivity contribution in [3.05, 3.63) is 24.3 Å². The van der Waals surface area contributed by atoms with Gasteiger partial charge in [-0.05, 0) is 0 Å². The molecule has 0 amide bonds. The van der Waals surface area contributed by atoms with E-state index in [2.05, 4.69) is 55.4 Å². The molecule has 0 radical (unpaired) electrons. The second-order valence-electron chi connectivity index (χ2n) is 14.3. The Hall–Kier alpha value is -1.84. The van der Waals surface area contributed by atoms with Gasteiger partial charge in [-0.15, -0.1) is 0 Å². The van der Waals surface area contributed by atoms with E-state index in [-0.39, 0.29) is 24.0 Å². The molecule has 248 valence electrons. The number of rotatable bonds is 20. The van der Waals surface area contributed by atoms with Gasteiger partial charge < -0.3 is 0 Å². The minimum absolute atomic E-state index is 0.203. The summed E-state index contributed by atoms with van der Waals surface area (Å²) in [5, 5.41) is 0. The summed E-state index contributed by atoms with van der Waals surface area (Å²) in [5.41, 5.74) is 0.405. The number of carbonyl (C=O) groups excluding carboxylic acids is 4. The van der Waals surface area contributed by atoms with Crippen molar-refractivity contribution in [1.29, 1.82) is 0 Å². The summed E-state index contributed by atoms with van der Waals surface area (Å²) < 4.78 is 23.3. The van der Waals surface area contributed by atoms with E-state index in [1.807, 2.05) is 13.8 Å². The average Bonchev–Trinajstić information content (AvgIpc) is 2.86. The summed E-state index contributed by atoms with van der Waals surface area (Å²) >= 11 is -4.27. The van der Waals surface area contributed by atoms with Gasteiger partial charge in [-0.2, -0.15) is 0 Å².